The van der Waals surface area contributed by atoms with E-state index in [1.807, 2.05) is 16.7 Å². The third kappa shape index (κ3) is 7.62. The summed E-state index contributed by atoms with van der Waals surface area (Å²) in [6, 6.07) is -0.460. The van der Waals surface area contributed by atoms with Crippen molar-refractivity contribution in [2.45, 2.75) is 19.8 Å². The van der Waals surface area contributed by atoms with Crippen LogP contribution in [-0.2, 0) is 9.59 Å². The van der Waals surface area contributed by atoms with Crippen molar-refractivity contribution >= 4 is 17.9 Å². The molecule has 3 N–H and O–H groups in total. The summed E-state index contributed by atoms with van der Waals surface area (Å²) in [4.78, 5) is 37.4. The van der Waals surface area contributed by atoms with E-state index < -0.39 is 12.0 Å². The number of unbranched alkanes of at least 4 members (excludes halogenated alkanes) is 1. The number of carboxylic acid groups (broad SMARTS) is 1. The van der Waals surface area contributed by atoms with E-state index in [-0.39, 0.29) is 19.0 Å². The Morgan fingerprint density at radius 3 is 2.14 bits per heavy atom. The summed E-state index contributed by atoms with van der Waals surface area (Å²) in [6.45, 7) is 5.24. The van der Waals surface area contributed by atoms with E-state index in [2.05, 4.69) is 10.6 Å². The van der Waals surface area contributed by atoms with E-state index in [0.29, 0.717) is 32.7 Å². The predicted octanol–water partition coefficient (Wildman–Crippen LogP) is -0.685. The molecule has 0 atom stereocenters. The Balaban J connectivity index is 2.18. The average Bonchev–Trinajstić information content (AvgIpc) is 2.40. The molecule has 0 aromatic carbocycles. The van der Waals surface area contributed by atoms with Gasteiger partial charge in [-0.2, -0.15) is 0 Å². The predicted molar refractivity (Wildman–Crippen MR) is 77.0 cm³/mol. The third-order valence-corrected chi connectivity index (χ3v) is 3.26. The van der Waals surface area contributed by atoms with Gasteiger partial charge in [-0.05, 0) is 6.42 Å². The maximum Gasteiger partial charge on any atom is 0.321 e. The fourth-order valence-electron chi connectivity index (χ4n) is 2.09. The minimum absolute atomic E-state index is 0.0276. The van der Waals surface area contributed by atoms with Crippen molar-refractivity contribution < 1.29 is 19.5 Å². The van der Waals surface area contributed by atoms with E-state index in [1.165, 1.54) is 0 Å². The maximum absolute atomic E-state index is 11.7. The lowest BCUT2D eigenvalue weighted by molar-refractivity contribution is -0.139. The summed E-state index contributed by atoms with van der Waals surface area (Å²) in [6.07, 6.45) is 1.86. The number of hydrogen-bond donors (Lipinski definition) is 3. The number of carbonyl (C=O) groups is 3. The van der Waals surface area contributed by atoms with Crippen molar-refractivity contribution in [2.24, 2.45) is 0 Å². The van der Waals surface area contributed by atoms with E-state index >= 15 is 0 Å². The number of nitrogens with one attached hydrogen (secondary N) is 2. The van der Waals surface area contributed by atoms with Crippen molar-refractivity contribution in [3.8, 4) is 0 Å². The van der Waals surface area contributed by atoms with Crippen LogP contribution < -0.4 is 10.6 Å². The van der Waals surface area contributed by atoms with E-state index in [1.54, 1.807) is 0 Å². The molecule has 8 nitrogen and oxygen atoms in total. The molecule has 1 fully saturated rings. The molecule has 0 aromatic heterocycles. The smallest absolute Gasteiger partial charge is 0.321 e. The van der Waals surface area contributed by atoms with Crippen LogP contribution in [0.1, 0.15) is 19.8 Å². The van der Waals surface area contributed by atoms with Gasteiger partial charge in [0.15, 0.2) is 0 Å². The number of piperazine rings is 1. The molecule has 3 amide bonds. The van der Waals surface area contributed by atoms with Gasteiger partial charge < -0.3 is 10.4 Å². The highest BCUT2D eigenvalue weighted by molar-refractivity contribution is 5.95. The van der Waals surface area contributed by atoms with E-state index in [0.717, 1.165) is 12.8 Å². The Bertz CT molecular complexity index is 367. The maximum atomic E-state index is 11.7. The van der Waals surface area contributed by atoms with E-state index in [9.17, 15) is 14.4 Å². The molecule has 0 aromatic rings. The number of nitrogens with zero attached hydrogens (tertiary/aromatic N) is 2. The van der Waals surface area contributed by atoms with Crippen molar-refractivity contribution in [1.29, 1.82) is 0 Å². The zero-order chi connectivity index (χ0) is 15.7. The number of carbonyl (C=O) groups excluding carboxylic acids is 2. The van der Waals surface area contributed by atoms with Crippen molar-refractivity contribution in [2.75, 3.05) is 45.8 Å². The Kier molecular flexibility index (Phi) is 7.70. The highest BCUT2D eigenvalue weighted by atomic mass is 16.4. The molecular weight excluding hydrogens is 276 g/mol. The van der Waals surface area contributed by atoms with Gasteiger partial charge in [0, 0.05) is 32.7 Å². The number of carboxylic acids is 1. The van der Waals surface area contributed by atoms with Gasteiger partial charge in [0.25, 0.3) is 0 Å². The second-order valence-corrected chi connectivity index (χ2v) is 5.10. The zero-order valence-electron chi connectivity index (χ0n) is 12.4. The number of imide groups is 1. The van der Waals surface area contributed by atoms with Crippen LogP contribution in [0.4, 0.5) is 4.79 Å². The molecule has 0 saturated carbocycles. The molecule has 0 unspecified atom stereocenters. The first-order valence-electron chi connectivity index (χ1n) is 7.25. The lowest BCUT2D eigenvalue weighted by atomic mass is 10.3. The van der Waals surface area contributed by atoms with Gasteiger partial charge in [-0.3, -0.25) is 24.7 Å². The van der Waals surface area contributed by atoms with E-state index in [4.69, 9.17) is 5.11 Å². The molecule has 120 valence electrons. The lowest BCUT2D eigenvalue weighted by Gasteiger charge is -2.33. The second-order valence-electron chi connectivity index (χ2n) is 5.10. The Hall–Kier alpha value is -1.67. The fourth-order valence-corrected chi connectivity index (χ4v) is 2.09. The van der Waals surface area contributed by atoms with Gasteiger partial charge in [0.1, 0.15) is 0 Å². The first-order chi connectivity index (χ1) is 10.0. The molecule has 8 heteroatoms. The molecule has 0 bridgehead atoms. The van der Waals surface area contributed by atoms with Gasteiger partial charge in [0.05, 0.1) is 13.1 Å². The van der Waals surface area contributed by atoms with Crippen LogP contribution in [-0.4, -0.2) is 78.6 Å². The SMILES string of the molecule is CCCCNC(=O)NC(=O)CN1CCN(CC(=O)O)CC1. The molecule has 0 aliphatic carbocycles. The summed E-state index contributed by atoms with van der Waals surface area (Å²) >= 11 is 0. The van der Waals surface area contributed by atoms with Crippen LogP contribution in [0.3, 0.4) is 0 Å². The molecule has 0 spiro atoms. The first-order valence-corrected chi connectivity index (χ1v) is 7.25. The quantitative estimate of drug-likeness (QED) is 0.538. The number of urea groups is 1. The van der Waals surface area contributed by atoms with Gasteiger partial charge in [0.2, 0.25) is 5.91 Å². The Morgan fingerprint density at radius 2 is 1.62 bits per heavy atom. The highest BCUT2D eigenvalue weighted by Gasteiger charge is 2.20. The van der Waals surface area contributed by atoms with Crippen LogP contribution in [0.15, 0.2) is 0 Å². The molecule has 21 heavy (non-hydrogen) atoms. The zero-order valence-corrected chi connectivity index (χ0v) is 12.4. The minimum Gasteiger partial charge on any atom is -0.480 e. The van der Waals surface area contributed by atoms with Crippen molar-refractivity contribution in [1.82, 2.24) is 20.4 Å². The first kappa shape index (κ1) is 17.4. The average molecular weight is 300 g/mol. The third-order valence-electron chi connectivity index (χ3n) is 3.26. The monoisotopic (exact) mass is 300 g/mol. The standard InChI is InChI=1S/C13H24N4O4/c1-2-3-4-14-13(21)15-11(18)9-16-5-7-17(8-6-16)10-12(19)20/h2-10H2,1H3,(H,19,20)(H2,14,15,18,21). The summed E-state index contributed by atoms with van der Waals surface area (Å²) in [7, 11) is 0. The summed E-state index contributed by atoms with van der Waals surface area (Å²) in [5.74, 6) is -1.18. The molecule has 1 heterocycles. The van der Waals surface area contributed by atoms with Crippen LogP contribution >= 0.6 is 0 Å². The summed E-state index contributed by atoms with van der Waals surface area (Å²) in [5, 5.41) is 13.6. The van der Waals surface area contributed by atoms with Gasteiger partial charge >= 0.3 is 12.0 Å². The van der Waals surface area contributed by atoms with Crippen LogP contribution in [0.25, 0.3) is 0 Å². The fraction of sp³-hybridized carbons (Fsp3) is 0.769. The van der Waals surface area contributed by atoms with Crippen molar-refractivity contribution in [3.05, 3.63) is 0 Å². The van der Waals surface area contributed by atoms with Gasteiger partial charge in [-0.15, -0.1) is 0 Å². The van der Waals surface area contributed by atoms with Gasteiger partial charge in [-0.1, -0.05) is 13.3 Å². The van der Waals surface area contributed by atoms with Crippen LogP contribution in [0.5, 0.6) is 0 Å². The highest BCUT2D eigenvalue weighted by Crippen LogP contribution is 2.00. The number of hydrogen-bond acceptors (Lipinski definition) is 5. The lowest BCUT2D eigenvalue weighted by Crippen LogP contribution is -2.51. The second kappa shape index (κ2) is 9.30. The van der Waals surface area contributed by atoms with Crippen LogP contribution in [0.2, 0.25) is 0 Å². The summed E-state index contributed by atoms with van der Waals surface area (Å²) in [5.41, 5.74) is 0. The Labute approximate surface area is 124 Å². The summed E-state index contributed by atoms with van der Waals surface area (Å²) < 4.78 is 0. The number of rotatable bonds is 7. The topological polar surface area (TPSA) is 102 Å². The minimum atomic E-state index is -0.843. The molecule has 1 aliphatic heterocycles. The largest absolute Gasteiger partial charge is 0.480 e. The molecule has 1 rings (SSSR count). The molecule has 1 saturated heterocycles. The van der Waals surface area contributed by atoms with Crippen LogP contribution in [0, 0.1) is 0 Å². The number of aliphatic carboxylic acids is 1. The molecule has 0 radical (unpaired) electrons. The Morgan fingerprint density at radius 1 is 1.05 bits per heavy atom. The van der Waals surface area contributed by atoms with Gasteiger partial charge in [-0.25, -0.2) is 4.79 Å². The van der Waals surface area contributed by atoms with Crippen molar-refractivity contribution in [3.63, 3.8) is 0 Å². The molecule has 1 aliphatic rings. The number of amides is 3. The normalized spacial score (nSPS) is 16.4. The molecular formula is C13H24N4O4.